The maximum atomic E-state index is 11.3. The fourth-order valence-corrected chi connectivity index (χ4v) is 2.38. The number of aliphatic hydroxyl groups excluding tert-OH is 3. The van der Waals surface area contributed by atoms with E-state index < -0.39 is 49.1 Å². The minimum atomic E-state index is -1.41. The molecule has 1 aromatic carbocycles. The van der Waals surface area contributed by atoms with E-state index in [0.717, 1.165) is 0 Å². The van der Waals surface area contributed by atoms with Crippen LogP contribution in [-0.4, -0.2) is 69.6 Å². The van der Waals surface area contributed by atoms with Crippen LogP contribution in [-0.2, 0) is 9.53 Å². The second-order valence-electron chi connectivity index (χ2n) is 5.38. The van der Waals surface area contributed by atoms with Crippen LogP contribution in [0.4, 0.5) is 0 Å². The van der Waals surface area contributed by atoms with Gasteiger partial charge in [0.2, 0.25) is 12.2 Å². The summed E-state index contributed by atoms with van der Waals surface area (Å²) >= 11 is 0. The highest BCUT2D eigenvalue weighted by molar-refractivity contribution is 5.87. The van der Waals surface area contributed by atoms with Crippen molar-refractivity contribution in [3.8, 4) is 5.75 Å². The van der Waals surface area contributed by atoms with Crippen LogP contribution in [0.2, 0.25) is 0 Å². The van der Waals surface area contributed by atoms with Crippen LogP contribution in [0.25, 0.3) is 0 Å². The number of carbonyl (C=O) groups is 2. The molecule has 1 aliphatic rings. The summed E-state index contributed by atoms with van der Waals surface area (Å²) in [7, 11) is 0. The molecular formula is C15H19NO8. The zero-order valence-electron chi connectivity index (χ0n) is 12.8. The Hall–Kier alpha value is -2.20. The predicted molar refractivity (Wildman–Crippen MR) is 79.4 cm³/mol. The fourth-order valence-electron chi connectivity index (χ4n) is 2.38. The van der Waals surface area contributed by atoms with Gasteiger partial charge in [-0.25, -0.2) is 4.79 Å². The zero-order valence-corrected chi connectivity index (χ0v) is 12.8. The van der Waals surface area contributed by atoms with Gasteiger partial charge in [-0.3, -0.25) is 4.79 Å². The molecule has 0 bridgehead atoms. The van der Waals surface area contributed by atoms with Crippen LogP contribution < -0.4 is 10.1 Å². The number of aliphatic hydroxyl groups is 3. The summed E-state index contributed by atoms with van der Waals surface area (Å²) in [5.74, 6) is -1.32. The maximum absolute atomic E-state index is 11.3. The van der Waals surface area contributed by atoms with E-state index in [9.17, 15) is 24.9 Å². The molecular weight excluding hydrogens is 322 g/mol. The lowest BCUT2D eigenvalue weighted by atomic mass is 9.97. The zero-order chi connectivity index (χ0) is 17.9. The molecule has 0 spiro atoms. The predicted octanol–water partition coefficient (Wildman–Crippen LogP) is -1.29. The van der Waals surface area contributed by atoms with Crippen molar-refractivity contribution in [3.05, 3.63) is 29.8 Å². The highest BCUT2D eigenvalue weighted by atomic mass is 16.7. The number of rotatable bonds is 5. The van der Waals surface area contributed by atoms with Gasteiger partial charge in [-0.2, -0.15) is 0 Å². The van der Waals surface area contributed by atoms with Crippen LogP contribution in [0.3, 0.4) is 0 Å². The molecule has 9 nitrogen and oxygen atoms in total. The van der Waals surface area contributed by atoms with Crippen LogP contribution in [0.15, 0.2) is 24.3 Å². The Morgan fingerprint density at radius 2 is 1.83 bits per heavy atom. The van der Waals surface area contributed by atoms with Gasteiger partial charge < -0.3 is 35.2 Å². The van der Waals surface area contributed by atoms with E-state index in [1.807, 2.05) is 0 Å². The van der Waals surface area contributed by atoms with Crippen LogP contribution in [0.5, 0.6) is 5.75 Å². The molecule has 1 aromatic rings. The summed E-state index contributed by atoms with van der Waals surface area (Å²) < 4.78 is 10.9. The third-order valence-electron chi connectivity index (χ3n) is 3.60. The van der Waals surface area contributed by atoms with Crippen LogP contribution in [0, 0.1) is 0 Å². The molecule has 5 N–H and O–H groups in total. The van der Waals surface area contributed by atoms with E-state index in [-0.39, 0.29) is 11.3 Å². The summed E-state index contributed by atoms with van der Waals surface area (Å²) in [6, 6.07) is 4.36. The summed E-state index contributed by atoms with van der Waals surface area (Å²) in [5, 5.41) is 40.6. The van der Waals surface area contributed by atoms with E-state index in [1.54, 1.807) is 0 Å². The van der Waals surface area contributed by atoms with Crippen molar-refractivity contribution in [1.82, 2.24) is 5.32 Å². The monoisotopic (exact) mass is 341 g/mol. The first-order valence-electron chi connectivity index (χ1n) is 7.23. The average molecular weight is 341 g/mol. The molecule has 2 rings (SSSR count). The van der Waals surface area contributed by atoms with E-state index in [0.29, 0.717) is 0 Å². The number of carboxylic acid groups (broad SMARTS) is 1. The molecule has 9 heteroatoms. The third kappa shape index (κ3) is 4.01. The van der Waals surface area contributed by atoms with Gasteiger partial charge in [0, 0.05) is 6.92 Å². The molecule has 0 aromatic heterocycles. The van der Waals surface area contributed by atoms with Gasteiger partial charge in [0.15, 0.2) is 0 Å². The first-order valence-corrected chi connectivity index (χ1v) is 7.23. The molecule has 0 aliphatic carbocycles. The molecule has 0 saturated carbocycles. The summed E-state index contributed by atoms with van der Waals surface area (Å²) in [6.45, 7) is 0.679. The molecule has 1 amide bonds. The van der Waals surface area contributed by atoms with Gasteiger partial charge in [0.05, 0.1) is 12.2 Å². The Morgan fingerprint density at radius 1 is 1.21 bits per heavy atom. The van der Waals surface area contributed by atoms with Gasteiger partial charge in [0.25, 0.3) is 0 Å². The lowest BCUT2D eigenvalue weighted by Gasteiger charge is -2.42. The molecule has 5 atom stereocenters. The number of hydrogen-bond donors (Lipinski definition) is 5. The van der Waals surface area contributed by atoms with Crippen molar-refractivity contribution in [2.75, 3.05) is 6.61 Å². The molecule has 0 radical (unpaired) electrons. The Morgan fingerprint density at radius 3 is 2.33 bits per heavy atom. The summed E-state index contributed by atoms with van der Waals surface area (Å²) in [6.07, 6.45) is -5.09. The molecule has 132 valence electrons. The van der Waals surface area contributed by atoms with Gasteiger partial charge >= 0.3 is 5.97 Å². The average Bonchev–Trinajstić information content (AvgIpc) is 2.54. The number of amides is 1. The number of nitrogens with one attached hydrogen (secondary N) is 1. The SMILES string of the molecule is CC(=O)N[C@H]1[C@@H](Oc2ccc(C(=O)O)cc2)O[C@@H](CO)[C@@H](O)[C@@H]1O. The molecule has 0 unspecified atom stereocenters. The highest BCUT2D eigenvalue weighted by Gasteiger charge is 2.46. The second-order valence-corrected chi connectivity index (χ2v) is 5.38. The minimum Gasteiger partial charge on any atom is -0.478 e. The van der Waals surface area contributed by atoms with Crippen molar-refractivity contribution in [2.24, 2.45) is 0 Å². The van der Waals surface area contributed by atoms with Gasteiger partial charge in [-0.1, -0.05) is 0 Å². The highest BCUT2D eigenvalue weighted by Crippen LogP contribution is 2.24. The van der Waals surface area contributed by atoms with E-state index >= 15 is 0 Å². The van der Waals surface area contributed by atoms with Crippen LogP contribution in [0.1, 0.15) is 17.3 Å². The van der Waals surface area contributed by atoms with Crippen LogP contribution >= 0.6 is 0 Å². The smallest absolute Gasteiger partial charge is 0.335 e. The topological polar surface area (TPSA) is 146 Å². The number of carbonyl (C=O) groups excluding carboxylic acids is 1. The standard InChI is InChI=1S/C15H19NO8/c1-7(18)16-11-13(20)12(19)10(6-17)24-15(11)23-9-4-2-8(3-5-9)14(21)22/h2-5,10-13,15,17,19-20H,6H2,1H3,(H,16,18)(H,21,22)/t10-,11+,12+,13+,15-/m0/s1. The Bertz CT molecular complexity index is 590. The first kappa shape index (κ1) is 18.1. The Labute approximate surface area is 137 Å². The minimum absolute atomic E-state index is 0.0639. The van der Waals surface area contributed by atoms with Crippen molar-refractivity contribution >= 4 is 11.9 Å². The van der Waals surface area contributed by atoms with E-state index in [1.165, 1.54) is 31.2 Å². The lowest BCUT2D eigenvalue weighted by Crippen LogP contribution is -2.65. The second kappa shape index (κ2) is 7.58. The molecule has 1 heterocycles. The number of hydrogen-bond acceptors (Lipinski definition) is 7. The molecule has 1 aliphatic heterocycles. The quantitative estimate of drug-likeness (QED) is 0.445. The fraction of sp³-hybridized carbons (Fsp3) is 0.467. The van der Waals surface area contributed by atoms with E-state index in [2.05, 4.69) is 5.32 Å². The number of ether oxygens (including phenoxy) is 2. The van der Waals surface area contributed by atoms with Crippen molar-refractivity contribution < 1.29 is 39.5 Å². The molecule has 1 saturated heterocycles. The number of benzene rings is 1. The number of carboxylic acids is 1. The molecule has 1 fully saturated rings. The summed E-state index contributed by atoms with van der Waals surface area (Å²) in [4.78, 5) is 22.1. The summed E-state index contributed by atoms with van der Waals surface area (Å²) in [5.41, 5.74) is 0.0639. The Kier molecular flexibility index (Phi) is 5.73. The van der Waals surface area contributed by atoms with Crippen molar-refractivity contribution in [2.45, 2.75) is 37.6 Å². The normalized spacial score (nSPS) is 29.8. The number of aromatic carboxylic acids is 1. The Balaban J connectivity index is 2.19. The third-order valence-corrected chi connectivity index (χ3v) is 3.60. The van der Waals surface area contributed by atoms with Crippen molar-refractivity contribution in [1.29, 1.82) is 0 Å². The largest absolute Gasteiger partial charge is 0.478 e. The lowest BCUT2D eigenvalue weighted by molar-refractivity contribution is -0.244. The maximum Gasteiger partial charge on any atom is 0.335 e. The van der Waals surface area contributed by atoms with Gasteiger partial charge in [-0.05, 0) is 24.3 Å². The first-order chi connectivity index (χ1) is 11.3. The molecule has 24 heavy (non-hydrogen) atoms. The van der Waals surface area contributed by atoms with Crippen molar-refractivity contribution in [3.63, 3.8) is 0 Å². The van der Waals surface area contributed by atoms with E-state index in [4.69, 9.17) is 14.6 Å². The van der Waals surface area contributed by atoms with Gasteiger partial charge in [-0.15, -0.1) is 0 Å². The van der Waals surface area contributed by atoms with Gasteiger partial charge in [0.1, 0.15) is 30.1 Å².